The van der Waals surface area contributed by atoms with Crippen LogP contribution in [-0.4, -0.2) is 19.8 Å². The normalized spacial score (nSPS) is 10.7. The van der Waals surface area contributed by atoms with Crippen LogP contribution in [0.15, 0.2) is 12.3 Å². The van der Waals surface area contributed by atoms with E-state index in [1.54, 1.807) is 12.3 Å². The highest BCUT2D eigenvalue weighted by Crippen LogP contribution is 2.09. The first-order valence-corrected chi connectivity index (χ1v) is 3.49. The van der Waals surface area contributed by atoms with Crippen LogP contribution in [0.1, 0.15) is 5.69 Å². The van der Waals surface area contributed by atoms with Gasteiger partial charge in [-0.1, -0.05) is 16.8 Å². The summed E-state index contributed by atoms with van der Waals surface area (Å²) in [6.45, 7) is 1.87. The topological polar surface area (TPSA) is 43.1 Å². The molecule has 2 heterocycles. The molecular formula is C6H5ClN4. The molecule has 0 aliphatic rings. The van der Waals surface area contributed by atoms with E-state index < -0.39 is 0 Å². The van der Waals surface area contributed by atoms with E-state index in [1.165, 1.54) is 4.52 Å². The zero-order valence-corrected chi connectivity index (χ0v) is 6.58. The van der Waals surface area contributed by atoms with Crippen LogP contribution in [0.25, 0.3) is 5.65 Å². The van der Waals surface area contributed by atoms with Crippen molar-refractivity contribution in [3.63, 3.8) is 0 Å². The summed E-state index contributed by atoms with van der Waals surface area (Å²) in [4.78, 5) is 4.15. The Hall–Kier alpha value is -1.16. The molecule has 0 aliphatic heterocycles. The molecule has 0 radical (unpaired) electrons. The smallest absolute Gasteiger partial charge is 0.177 e. The van der Waals surface area contributed by atoms with E-state index in [1.807, 2.05) is 6.92 Å². The Morgan fingerprint density at radius 3 is 3.18 bits per heavy atom. The van der Waals surface area contributed by atoms with Crippen molar-refractivity contribution in [3.8, 4) is 0 Å². The highest BCUT2D eigenvalue weighted by molar-refractivity contribution is 6.29. The molecule has 0 atom stereocenters. The van der Waals surface area contributed by atoms with Crippen LogP contribution < -0.4 is 0 Å². The van der Waals surface area contributed by atoms with Gasteiger partial charge >= 0.3 is 0 Å². The van der Waals surface area contributed by atoms with E-state index in [2.05, 4.69) is 15.3 Å². The van der Waals surface area contributed by atoms with Crippen molar-refractivity contribution in [3.05, 3.63) is 23.1 Å². The second-order valence-electron chi connectivity index (χ2n) is 2.22. The van der Waals surface area contributed by atoms with E-state index in [4.69, 9.17) is 11.6 Å². The average Bonchev–Trinajstić information content (AvgIpc) is 2.34. The van der Waals surface area contributed by atoms with Crippen molar-refractivity contribution in [1.29, 1.82) is 0 Å². The maximum absolute atomic E-state index is 5.82. The van der Waals surface area contributed by atoms with Crippen LogP contribution in [0.5, 0.6) is 0 Å². The van der Waals surface area contributed by atoms with E-state index in [9.17, 15) is 0 Å². The molecule has 0 saturated carbocycles. The lowest BCUT2D eigenvalue weighted by Crippen LogP contribution is -1.93. The predicted octanol–water partition coefficient (Wildman–Crippen LogP) is 1.09. The maximum Gasteiger partial charge on any atom is 0.177 e. The van der Waals surface area contributed by atoms with Crippen LogP contribution in [0, 0.1) is 6.92 Å². The van der Waals surface area contributed by atoms with Gasteiger partial charge in [-0.05, 0) is 13.0 Å². The number of nitrogens with zero attached hydrogens (tertiary/aromatic N) is 4. The Morgan fingerprint density at radius 2 is 2.36 bits per heavy atom. The highest BCUT2D eigenvalue weighted by Gasteiger charge is 2.00. The van der Waals surface area contributed by atoms with Gasteiger partial charge in [0.05, 0.1) is 6.20 Å². The van der Waals surface area contributed by atoms with Crippen LogP contribution in [0.3, 0.4) is 0 Å². The van der Waals surface area contributed by atoms with Crippen molar-refractivity contribution >= 4 is 17.2 Å². The fourth-order valence-electron chi connectivity index (χ4n) is 0.904. The second kappa shape index (κ2) is 2.17. The Bertz CT molecular complexity index is 394. The first kappa shape index (κ1) is 6.54. The van der Waals surface area contributed by atoms with Gasteiger partial charge in [0.25, 0.3) is 0 Å². The zero-order chi connectivity index (χ0) is 7.84. The third-order valence-electron chi connectivity index (χ3n) is 1.35. The maximum atomic E-state index is 5.82. The van der Waals surface area contributed by atoms with E-state index >= 15 is 0 Å². The van der Waals surface area contributed by atoms with Gasteiger partial charge < -0.3 is 0 Å². The molecule has 56 valence electrons. The molecule has 11 heavy (non-hydrogen) atoms. The molecule has 4 nitrogen and oxygen atoms in total. The number of aromatic nitrogens is 4. The molecule has 0 unspecified atom stereocenters. The van der Waals surface area contributed by atoms with Crippen LogP contribution >= 0.6 is 11.6 Å². The van der Waals surface area contributed by atoms with E-state index in [0.29, 0.717) is 10.8 Å². The summed E-state index contributed by atoms with van der Waals surface area (Å²) < 4.78 is 1.48. The highest BCUT2D eigenvalue weighted by atomic mass is 35.5. The van der Waals surface area contributed by atoms with Gasteiger partial charge in [-0.15, -0.1) is 5.10 Å². The van der Waals surface area contributed by atoms with Gasteiger partial charge in [0.15, 0.2) is 5.65 Å². The molecule has 0 N–H and O–H groups in total. The molecule has 0 amide bonds. The number of hydrogen-bond donors (Lipinski definition) is 0. The third kappa shape index (κ3) is 0.952. The lowest BCUT2D eigenvalue weighted by Gasteiger charge is -1.95. The van der Waals surface area contributed by atoms with Crippen molar-refractivity contribution in [2.75, 3.05) is 0 Å². The first-order chi connectivity index (χ1) is 5.27. The first-order valence-electron chi connectivity index (χ1n) is 3.11. The van der Waals surface area contributed by atoms with Gasteiger partial charge in [0, 0.05) is 5.69 Å². The summed E-state index contributed by atoms with van der Waals surface area (Å²) in [6, 6.07) is 1.74. The summed E-state index contributed by atoms with van der Waals surface area (Å²) >= 11 is 5.82. The van der Waals surface area contributed by atoms with E-state index in [-0.39, 0.29) is 0 Å². The molecule has 5 heteroatoms. The third-order valence-corrected chi connectivity index (χ3v) is 1.62. The van der Waals surface area contributed by atoms with Crippen molar-refractivity contribution < 1.29 is 0 Å². The lowest BCUT2D eigenvalue weighted by molar-refractivity contribution is 0.844. The van der Waals surface area contributed by atoms with Crippen molar-refractivity contribution in [2.24, 2.45) is 0 Å². The Labute approximate surface area is 67.8 Å². The summed E-state index contributed by atoms with van der Waals surface area (Å²) in [5, 5.41) is 7.93. The van der Waals surface area contributed by atoms with Crippen molar-refractivity contribution in [1.82, 2.24) is 19.8 Å². The minimum Gasteiger partial charge on any atom is -0.232 e. The Balaban J connectivity index is 2.91. The largest absolute Gasteiger partial charge is 0.232 e. The fraction of sp³-hybridized carbons (Fsp3) is 0.167. The summed E-state index contributed by atoms with van der Waals surface area (Å²) in [6.07, 6.45) is 1.57. The van der Waals surface area contributed by atoms with Gasteiger partial charge in [0.2, 0.25) is 0 Å². The van der Waals surface area contributed by atoms with Gasteiger partial charge in [-0.2, -0.15) is 4.52 Å². The summed E-state index contributed by atoms with van der Waals surface area (Å²) in [5.74, 6) is 0. The summed E-state index contributed by atoms with van der Waals surface area (Å²) in [5.41, 5.74) is 1.54. The standard InChI is InChI=1S/C6H5ClN4/c1-4-2-5(7)11-6(9-4)3-8-10-11/h2-3H,1H3. The van der Waals surface area contributed by atoms with Gasteiger partial charge in [-0.25, -0.2) is 4.98 Å². The van der Waals surface area contributed by atoms with Crippen LogP contribution in [0.2, 0.25) is 5.15 Å². The molecule has 2 rings (SSSR count). The molecule has 0 bridgehead atoms. The quantitative estimate of drug-likeness (QED) is 0.553. The predicted molar refractivity (Wildman–Crippen MR) is 40.5 cm³/mol. The molecule has 0 spiro atoms. The zero-order valence-electron chi connectivity index (χ0n) is 5.82. The Kier molecular flexibility index (Phi) is 1.29. The molecule has 0 saturated heterocycles. The van der Waals surface area contributed by atoms with Gasteiger partial charge in [-0.3, -0.25) is 0 Å². The molecule has 2 aromatic heterocycles. The molecule has 0 aromatic carbocycles. The molecule has 0 fully saturated rings. The number of halogens is 1. The van der Waals surface area contributed by atoms with Crippen molar-refractivity contribution in [2.45, 2.75) is 6.92 Å². The number of hydrogen-bond acceptors (Lipinski definition) is 3. The van der Waals surface area contributed by atoms with Crippen LogP contribution in [-0.2, 0) is 0 Å². The molecule has 0 aliphatic carbocycles. The lowest BCUT2D eigenvalue weighted by atomic mass is 10.4. The minimum absolute atomic E-state index is 0.532. The minimum atomic E-state index is 0.532. The molecule has 2 aromatic rings. The number of fused-ring (bicyclic) bond motifs is 1. The Morgan fingerprint density at radius 1 is 1.55 bits per heavy atom. The second-order valence-corrected chi connectivity index (χ2v) is 2.61. The van der Waals surface area contributed by atoms with Crippen LogP contribution in [0.4, 0.5) is 0 Å². The van der Waals surface area contributed by atoms with Gasteiger partial charge in [0.1, 0.15) is 5.15 Å². The number of aryl methyl sites for hydroxylation is 1. The molecular weight excluding hydrogens is 164 g/mol. The average molecular weight is 169 g/mol. The monoisotopic (exact) mass is 168 g/mol. The SMILES string of the molecule is Cc1cc(Cl)n2nncc2n1. The number of rotatable bonds is 0. The fourth-order valence-corrected chi connectivity index (χ4v) is 1.18. The van der Waals surface area contributed by atoms with E-state index in [0.717, 1.165) is 5.69 Å². The summed E-state index contributed by atoms with van der Waals surface area (Å²) in [7, 11) is 0.